The van der Waals surface area contributed by atoms with Crippen LogP contribution in [0.5, 0.6) is 5.75 Å². The number of carbonyl (C=O) groups is 2. The Bertz CT molecular complexity index is 1100. The Balaban J connectivity index is 1.97. The minimum Gasteiger partial charge on any atom is -0.497 e. The fraction of sp³-hybridized carbons (Fsp3) is 0.200. The second kappa shape index (κ2) is 9.24. The molecule has 0 atom stereocenters. The van der Waals surface area contributed by atoms with Crippen molar-refractivity contribution in [2.45, 2.75) is 12.1 Å². The number of carbonyl (C=O) groups excluding carboxylic acids is 2. The van der Waals surface area contributed by atoms with E-state index in [2.05, 4.69) is 15.6 Å². The first-order chi connectivity index (χ1) is 14.0. The molecule has 150 valence electrons. The van der Waals surface area contributed by atoms with Gasteiger partial charge in [-0.05, 0) is 43.3 Å². The predicted octanol–water partition coefficient (Wildman–Crippen LogP) is 2.33. The molecule has 0 aliphatic heterocycles. The van der Waals surface area contributed by atoms with Crippen molar-refractivity contribution in [2.24, 2.45) is 0 Å². The average molecular weight is 412 g/mol. The van der Waals surface area contributed by atoms with Crippen molar-refractivity contribution in [3.8, 4) is 11.4 Å². The maximum absolute atomic E-state index is 13.1. The normalized spacial score (nSPS) is 10.6. The lowest BCUT2D eigenvalue weighted by atomic mass is 10.2. The summed E-state index contributed by atoms with van der Waals surface area (Å²) in [5.74, 6) is 0.105. The average Bonchev–Trinajstić information content (AvgIpc) is 2.73. The number of para-hydroxylation sites is 1. The van der Waals surface area contributed by atoms with E-state index in [0.29, 0.717) is 34.0 Å². The molecule has 0 bridgehead atoms. The molecular formula is C20H20N4O4S. The zero-order chi connectivity index (χ0) is 20.8. The van der Waals surface area contributed by atoms with Crippen LogP contribution in [-0.4, -0.2) is 40.9 Å². The molecule has 0 saturated carbocycles. The highest BCUT2D eigenvalue weighted by Crippen LogP contribution is 2.22. The highest BCUT2D eigenvalue weighted by Gasteiger charge is 2.15. The van der Waals surface area contributed by atoms with Gasteiger partial charge in [-0.15, -0.1) is 0 Å². The first-order valence-electron chi connectivity index (χ1n) is 8.90. The summed E-state index contributed by atoms with van der Waals surface area (Å²) in [5.41, 5.74) is 0.891. The number of nitrogens with one attached hydrogen (secondary N) is 2. The third kappa shape index (κ3) is 4.75. The number of amides is 3. The van der Waals surface area contributed by atoms with Gasteiger partial charge < -0.3 is 10.1 Å². The van der Waals surface area contributed by atoms with E-state index in [9.17, 15) is 14.4 Å². The summed E-state index contributed by atoms with van der Waals surface area (Å²) in [4.78, 5) is 41.2. The zero-order valence-electron chi connectivity index (χ0n) is 16.0. The molecule has 3 rings (SSSR count). The van der Waals surface area contributed by atoms with E-state index in [-0.39, 0.29) is 11.3 Å². The standard InChI is InChI=1S/C20H20N4O4S/c1-3-21-19(27)23-17(25)12-29-20-22-16-7-5-4-6-15(16)18(26)24(20)13-8-10-14(28-2)11-9-13/h4-11H,3,12H2,1-2H3,(H2,21,23,25,27). The molecule has 2 N–H and O–H groups in total. The first kappa shape index (κ1) is 20.4. The van der Waals surface area contributed by atoms with Crippen molar-refractivity contribution in [2.75, 3.05) is 19.4 Å². The molecular weight excluding hydrogens is 392 g/mol. The van der Waals surface area contributed by atoms with Crippen LogP contribution in [0, 0.1) is 0 Å². The molecule has 29 heavy (non-hydrogen) atoms. The third-order valence-corrected chi connectivity index (χ3v) is 4.94. The number of hydrogen-bond acceptors (Lipinski definition) is 6. The van der Waals surface area contributed by atoms with E-state index in [0.717, 1.165) is 11.8 Å². The molecule has 0 aliphatic rings. The van der Waals surface area contributed by atoms with Gasteiger partial charge in [-0.3, -0.25) is 19.5 Å². The van der Waals surface area contributed by atoms with Gasteiger partial charge in [0.1, 0.15) is 5.75 Å². The van der Waals surface area contributed by atoms with Gasteiger partial charge in [0.2, 0.25) is 5.91 Å². The molecule has 1 aromatic heterocycles. The van der Waals surface area contributed by atoms with Crippen molar-refractivity contribution in [1.82, 2.24) is 20.2 Å². The lowest BCUT2D eigenvalue weighted by Gasteiger charge is -2.13. The van der Waals surface area contributed by atoms with E-state index in [4.69, 9.17) is 4.74 Å². The van der Waals surface area contributed by atoms with Gasteiger partial charge in [-0.25, -0.2) is 9.78 Å². The number of hydrogen-bond donors (Lipinski definition) is 2. The molecule has 0 fully saturated rings. The molecule has 0 saturated heterocycles. The number of urea groups is 1. The van der Waals surface area contributed by atoms with E-state index >= 15 is 0 Å². The van der Waals surface area contributed by atoms with E-state index < -0.39 is 11.9 Å². The minimum absolute atomic E-state index is 0.0714. The van der Waals surface area contributed by atoms with Gasteiger partial charge in [0.05, 0.1) is 29.5 Å². The summed E-state index contributed by atoms with van der Waals surface area (Å²) in [7, 11) is 1.56. The smallest absolute Gasteiger partial charge is 0.321 e. The first-order valence-corrected chi connectivity index (χ1v) is 9.88. The van der Waals surface area contributed by atoms with Crippen LogP contribution in [0.25, 0.3) is 16.6 Å². The molecule has 0 spiro atoms. The van der Waals surface area contributed by atoms with Gasteiger partial charge in [0.15, 0.2) is 5.16 Å². The number of nitrogens with zero attached hydrogens (tertiary/aromatic N) is 2. The summed E-state index contributed by atoms with van der Waals surface area (Å²) in [6.07, 6.45) is 0. The quantitative estimate of drug-likeness (QED) is 0.476. The second-order valence-electron chi connectivity index (χ2n) is 5.95. The molecule has 0 unspecified atom stereocenters. The van der Waals surface area contributed by atoms with Crippen molar-refractivity contribution in [3.63, 3.8) is 0 Å². The predicted molar refractivity (Wildman–Crippen MR) is 112 cm³/mol. The Labute approximate surface area is 171 Å². The minimum atomic E-state index is -0.558. The fourth-order valence-electron chi connectivity index (χ4n) is 2.67. The molecule has 3 amide bonds. The van der Waals surface area contributed by atoms with Crippen LogP contribution in [0.15, 0.2) is 58.5 Å². The maximum atomic E-state index is 13.1. The lowest BCUT2D eigenvalue weighted by Crippen LogP contribution is -2.40. The molecule has 0 aliphatic carbocycles. The van der Waals surface area contributed by atoms with E-state index in [1.165, 1.54) is 4.57 Å². The number of methoxy groups -OCH3 is 1. The number of fused-ring (bicyclic) bond motifs is 1. The molecule has 8 nitrogen and oxygen atoms in total. The summed E-state index contributed by atoms with van der Waals surface area (Å²) in [6.45, 7) is 2.17. The summed E-state index contributed by atoms with van der Waals surface area (Å²) in [5, 5.41) is 5.55. The molecule has 3 aromatic rings. The molecule has 0 radical (unpaired) electrons. The number of rotatable bonds is 6. The number of imide groups is 1. The zero-order valence-corrected chi connectivity index (χ0v) is 16.8. The highest BCUT2D eigenvalue weighted by atomic mass is 32.2. The van der Waals surface area contributed by atoms with Crippen molar-refractivity contribution >= 4 is 34.6 Å². The molecule has 1 heterocycles. The van der Waals surface area contributed by atoms with Gasteiger partial charge in [0.25, 0.3) is 5.56 Å². The van der Waals surface area contributed by atoms with Crippen LogP contribution in [-0.2, 0) is 4.79 Å². The van der Waals surface area contributed by atoms with Gasteiger partial charge in [0, 0.05) is 6.54 Å². The number of ether oxygens (including phenoxy) is 1. The van der Waals surface area contributed by atoms with E-state index in [1.807, 2.05) is 0 Å². The van der Waals surface area contributed by atoms with Crippen LogP contribution < -0.4 is 20.9 Å². The third-order valence-electron chi connectivity index (χ3n) is 4.00. The van der Waals surface area contributed by atoms with E-state index in [1.54, 1.807) is 62.6 Å². The topological polar surface area (TPSA) is 102 Å². The molecule has 9 heteroatoms. The van der Waals surface area contributed by atoms with Crippen LogP contribution in [0.2, 0.25) is 0 Å². The summed E-state index contributed by atoms with van der Waals surface area (Å²) < 4.78 is 6.62. The summed E-state index contributed by atoms with van der Waals surface area (Å²) >= 11 is 1.08. The Hall–Kier alpha value is -3.33. The lowest BCUT2D eigenvalue weighted by molar-refractivity contribution is -0.117. The Morgan fingerprint density at radius 1 is 1.14 bits per heavy atom. The van der Waals surface area contributed by atoms with Gasteiger partial charge >= 0.3 is 6.03 Å². The van der Waals surface area contributed by atoms with Crippen molar-refractivity contribution in [1.29, 1.82) is 0 Å². The number of thioether (sulfide) groups is 1. The monoisotopic (exact) mass is 412 g/mol. The highest BCUT2D eigenvalue weighted by molar-refractivity contribution is 7.99. The maximum Gasteiger partial charge on any atom is 0.321 e. The van der Waals surface area contributed by atoms with Crippen LogP contribution in [0.3, 0.4) is 0 Å². The van der Waals surface area contributed by atoms with Crippen LogP contribution in [0.1, 0.15) is 6.92 Å². The van der Waals surface area contributed by atoms with Gasteiger partial charge in [-0.2, -0.15) is 0 Å². The van der Waals surface area contributed by atoms with Crippen molar-refractivity contribution < 1.29 is 14.3 Å². The van der Waals surface area contributed by atoms with Crippen LogP contribution in [0.4, 0.5) is 4.79 Å². The SMILES string of the molecule is CCNC(=O)NC(=O)CSc1nc2ccccc2c(=O)n1-c1ccc(OC)cc1. The number of benzene rings is 2. The Kier molecular flexibility index (Phi) is 6.50. The van der Waals surface area contributed by atoms with Gasteiger partial charge in [-0.1, -0.05) is 23.9 Å². The second-order valence-corrected chi connectivity index (χ2v) is 6.89. The Morgan fingerprint density at radius 3 is 2.55 bits per heavy atom. The van der Waals surface area contributed by atoms with Crippen molar-refractivity contribution in [3.05, 3.63) is 58.9 Å². The van der Waals surface area contributed by atoms with Crippen LogP contribution >= 0.6 is 11.8 Å². The largest absolute Gasteiger partial charge is 0.497 e. The summed E-state index contributed by atoms with van der Waals surface area (Å²) in [6, 6.07) is 13.4. The Morgan fingerprint density at radius 2 is 1.86 bits per heavy atom. The fourth-order valence-corrected chi connectivity index (χ4v) is 3.48. The molecule has 2 aromatic carbocycles. The number of aromatic nitrogens is 2.